The summed E-state index contributed by atoms with van der Waals surface area (Å²) in [5.74, 6) is -6.92. The molecule has 2 unspecified atom stereocenters. The first-order chi connectivity index (χ1) is 17.7. The predicted octanol–water partition coefficient (Wildman–Crippen LogP) is 6.80. The van der Waals surface area contributed by atoms with Gasteiger partial charge in [-0.25, -0.2) is 4.79 Å². The molecule has 0 fully saturated rings. The van der Waals surface area contributed by atoms with E-state index in [-0.39, 0.29) is 12.8 Å². The summed E-state index contributed by atoms with van der Waals surface area (Å²) in [5, 5.41) is 29.4. The molecule has 0 saturated carbocycles. The number of hydrogen-bond donors (Lipinski definition) is 3. The Bertz CT molecular complexity index is 648. The van der Waals surface area contributed by atoms with Crippen LogP contribution in [0.5, 0.6) is 0 Å². The van der Waals surface area contributed by atoms with Crippen molar-refractivity contribution in [1.82, 2.24) is 0 Å². The van der Waals surface area contributed by atoms with Crippen molar-refractivity contribution in [3.63, 3.8) is 0 Å². The third kappa shape index (κ3) is 17.2. The van der Waals surface area contributed by atoms with Gasteiger partial charge >= 0.3 is 23.9 Å². The quantitative estimate of drug-likeness (QED) is 0.0667. The zero-order chi connectivity index (χ0) is 27.9. The van der Waals surface area contributed by atoms with Crippen LogP contribution < -0.4 is 0 Å². The molecule has 0 aliphatic heterocycles. The Labute approximate surface area is 223 Å². The molecule has 3 N–H and O–H groups in total. The van der Waals surface area contributed by atoms with Gasteiger partial charge in [0, 0.05) is 6.42 Å². The largest absolute Gasteiger partial charge is 0.481 e. The zero-order valence-electron chi connectivity index (χ0n) is 23.3. The Morgan fingerprint density at radius 1 is 0.649 bits per heavy atom. The van der Waals surface area contributed by atoms with E-state index < -0.39 is 41.8 Å². The van der Waals surface area contributed by atoms with Crippen LogP contribution in [0.2, 0.25) is 0 Å². The lowest BCUT2D eigenvalue weighted by molar-refractivity contribution is -0.184. The van der Waals surface area contributed by atoms with E-state index in [1.54, 1.807) is 0 Å². The highest BCUT2D eigenvalue weighted by atomic mass is 16.6. The molecule has 0 rings (SSSR count). The first-order valence-corrected chi connectivity index (χ1v) is 14.6. The maximum absolute atomic E-state index is 12.7. The van der Waals surface area contributed by atoms with E-state index in [1.165, 1.54) is 51.4 Å². The van der Waals surface area contributed by atoms with Gasteiger partial charge in [0.2, 0.25) is 0 Å². The summed E-state index contributed by atoms with van der Waals surface area (Å²) in [6, 6.07) is 0. The van der Waals surface area contributed by atoms with Crippen LogP contribution in [0.4, 0.5) is 0 Å². The van der Waals surface area contributed by atoms with Gasteiger partial charge in [0.05, 0.1) is 12.3 Å². The molecular formula is C29H52O8. The summed E-state index contributed by atoms with van der Waals surface area (Å²) in [5.41, 5.74) is -2.83. The van der Waals surface area contributed by atoms with Crippen LogP contribution in [0.3, 0.4) is 0 Å². The van der Waals surface area contributed by atoms with Gasteiger partial charge in [-0.1, -0.05) is 123 Å². The maximum Gasteiger partial charge on any atom is 0.337 e. The van der Waals surface area contributed by atoms with E-state index in [0.29, 0.717) is 12.8 Å². The smallest absolute Gasteiger partial charge is 0.337 e. The van der Waals surface area contributed by atoms with Crippen molar-refractivity contribution in [2.45, 2.75) is 154 Å². The lowest BCUT2D eigenvalue weighted by atomic mass is 9.81. The SMILES string of the molecule is CCCCCCCCCCCCCCCC(C(=O)OC(=O)CCCCCCC)C(O)(CC(=O)O)C(=O)O. The number of hydrogen-bond acceptors (Lipinski definition) is 6. The number of carbonyl (C=O) groups is 4. The molecule has 0 aromatic heterocycles. The van der Waals surface area contributed by atoms with Crippen LogP contribution in [0.25, 0.3) is 0 Å². The van der Waals surface area contributed by atoms with E-state index in [4.69, 9.17) is 9.84 Å². The van der Waals surface area contributed by atoms with E-state index in [1.807, 2.05) is 0 Å². The van der Waals surface area contributed by atoms with Crippen molar-refractivity contribution in [2.24, 2.45) is 5.92 Å². The number of ether oxygens (including phenoxy) is 1. The van der Waals surface area contributed by atoms with Crippen molar-refractivity contribution < 1.29 is 39.2 Å². The van der Waals surface area contributed by atoms with Gasteiger partial charge in [-0.15, -0.1) is 0 Å². The molecule has 0 aliphatic carbocycles. The number of esters is 2. The van der Waals surface area contributed by atoms with Crippen molar-refractivity contribution in [2.75, 3.05) is 0 Å². The monoisotopic (exact) mass is 528 g/mol. The Hall–Kier alpha value is -1.96. The van der Waals surface area contributed by atoms with Gasteiger partial charge in [0.25, 0.3) is 0 Å². The molecule has 8 nitrogen and oxygen atoms in total. The average molecular weight is 529 g/mol. The van der Waals surface area contributed by atoms with Gasteiger partial charge in [-0.3, -0.25) is 14.4 Å². The van der Waals surface area contributed by atoms with Gasteiger partial charge in [-0.2, -0.15) is 0 Å². The van der Waals surface area contributed by atoms with Crippen LogP contribution in [-0.4, -0.2) is 44.8 Å². The molecule has 0 aliphatic rings. The summed E-state index contributed by atoms with van der Waals surface area (Å²) in [6.07, 6.45) is 17.6. The Morgan fingerprint density at radius 2 is 1.05 bits per heavy atom. The summed E-state index contributed by atoms with van der Waals surface area (Å²) >= 11 is 0. The molecule has 0 aromatic carbocycles. The molecule has 2 atom stereocenters. The number of carbonyl (C=O) groups excluding carboxylic acids is 2. The zero-order valence-corrected chi connectivity index (χ0v) is 23.3. The van der Waals surface area contributed by atoms with Crippen LogP contribution in [-0.2, 0) is 23.9 Å². The third-order valence-corrected chi connectivity index (χ3v) is 6.95. The maximum atomic E-state index is 12.7. The van der Waals surface area contributed by atoms with Crippen LogP contribution in [0, 0.1) is 5.92 Å². The number of unbranched alkanes of at least 4 members (excludes halogenated alkanes) is 16. The topological polar surface area (TPSA) is 138 Å². The summed E-state index contributed by atoms with van der Waals surface area (Å²) in [7, 11) is 0. The molecule has 37 heavy (non-hydrogen) atoms. The van der Waals surface area contributed by atoms with Gasteiger partial charge in [0.1, 0.15) is 0 Å². The number of carboxylic acids is 2. The van der Waals surface area contributed by atoms with Crippen molar-refractivity contribution in [3.05, 3.63) is 0 Å². The minimum absolute atomic E-state index is 0.0192. The predicted molar refractivity (Wildman–Crippen MR) is 143 cm³/mol. The molecule has 0 spiro atoms. The standard InChI is InChI=1S/C29H52O8/c1-3-5-7-9-10-11-12-13-14-15-16-18-19-21-24(29(36,28(34)35)23-25(30)31)27(33)37-26(32)22-20-17-8-6-4-2/h24,36H,3-23H2,1-2H3,(H,30,31)(H,34,35). The van der Waals surface area contributed by atoms with Crippen LogP contribution >= 0.6 is 0 Å². The second-order valence-corrected chi connectivity index (χ2v) is 10.3. The first-order valence-electron chi connectivity index (χ1n) is 14.6. The molecule has 0 aromatic rings. The summed E-state index contributed by atoms with van der Waals surface area (Å²) < 4.78 is 4.87. The highest BCUT2D eigenvalue weighted by Crippen LogP contribution is 2.29. The minimum Gasteiger partial charge on any atom is -0.481 e. The fourth-order valence-electron chi connectivity index (χ4n) is 4.60. The van der Waals surface area contributed by atoms with Gasteiger partial charge in [0.15, 0.2) is 5.60 Å². The highest BCUT2D eigenvalue weighted by molar-refractivity contribution is 5.93. The van der Waals surface area contributed by atoms with E-state index >= 15 is 0 Å². The van der Waals surface area contributed by atoms with Gasteiger partial charge < -0.3 is 20.1 Å². The number of rotatable bonds is 25. The van der Waals surface area contributed by atoms with E-state index in [9.17, 15) is 29.4 Å². The third-order valence-electron chi connectivity index (χ3n) is 6.95. The van der Waals surface area contributed by atoms with E-state index in [0.717, 1.165) is 51.4 Å². The van der Waals surface area contributed by atoms with E-state index in [2.05, 4.69) is 13.8 Å². The minimum atomic E-state index is -2.83. The molecule has 8 heteroatoms. The number of aliphatic carboxylic acids is 2. The fraction of sp³-hybridized carbons (Fsp3) is 0.862. The number of carboxylic acid groups (broad SMARTS) is 2. The molecule has 216 valence electrons. The van der Waals surface area contributed by atoms with Crippen molar-refractivity contribution in [1.29, 1.82) is 0 Å². The molecule has 0 amide bonds. The van der Waals surface area contributed by atoms with Crippen molar-refractivity contribution >= 4 is 23.9 Å². The highest BCUT2D eigenvalue weighted by Gasteiger charge is 2.50. The molecular weight excluding hydrogens is 476 g/mol. The molecule has 0 bridgehead atoms. The molecule has 0 saturated heterocycles. The Balaban J connectivity index is 4.61. The lowest BCUT2D eigenvalue weighted by Crippen LogP contribution is -2.51. The number of aliphatic hydroxyl groups is 1. The van der Waals surface area contributed by atoms with Crippen molar-refractivity contribution in [3.8, 4) is 0 Å². The second-order valence-electron chi connectivity index (χ2n) is 10.3. The summed E-state index contributed by atoms with van der Waals surface area (Å²) in [4.78, 5) is 47.9. The first kappa shape index (κ1) is 35.0. The second kappa shape index (κ2) is 22.1. The summed E-state index contributed by atoms with van der Waals surface area (Å²) in [6.45, 7) is 4.29. The van der Waals surface area contributed by atoms with Gasteiger partial charge in [-0.05, 0) is 12.8 Å². The van der Waals surface area contributed by atoms with Crippen LogP contribution in [0.15, 0.2) is 0 Å². The fourth-order valence-corrected chi connectivity index (χ4v) is 4.60. The van der Waals surface area contributed by atoms with Crippen LogP contribution in [0.1, 0.15) is 149 Å². The molecule has 0 heterocycles. The average Bonchev–Trinajstić information content (AvgIpc) is 2.83. The Kier molecular flexibility index (Phi) is 20.9. The lowest BCUT2D eigenvalue weighted by Gasteiger charge is -2.29. The Morgan fingerprint density at radius 3 is 1.46 bits per heavy atom. The normalized spacial score (nSPS) is 13.6. The molecule has 0 radical (unpaired) electrons.